The van der Waals surface area contributed by atoms with Crippen LogP contribution in [0.2, 0.25) is 5.02 Å². The molecule has 2 heterocycles. The number of ether oxygens (including phenoxy) is 1. The standard InChI is InChI=1S/C16H19ClN4O2/c1-11-8-12(5-6-13(11)17)23-9-15(22)21-7-3-2-4-14(21)16-18-10-19-20-16/h5-6,8,10,14H,2-4,7,9H2,1H3,(H,18,19,20)/t14-/m0/s1. The van der Waals surface area contributed by atoms with E-state index in [0.717, 1.165) is 30.7 Å². The van der Waals surface area contributed by atoms with Gasteiger partial charge in [0.2, 0.25) is 0 Å². The van der Waals surface area contributed by atoms with E-state index >= 15 is 0 Å². The van der Waals surface area contributed by atoms with Crippen molar-refractivity contribution in [2.75, 3.05) is 13.2 Å². The third-order valence-corrected chi connectivity index (χ3v) is 4.49. The Kier molecular flexibility index (Phi) is 4.81. The van der Waals surface area contributed by atoms with Crippen LogP contribution in [0.3, 0.4) is 0 Å². The molecule has 1 aliphatic heterocycles. The van der Waals surface area contributed by atoms with Crippen molar-refractivity contribution in [3.05, 3.63) is 40.9 Å². The van der Waals surface area contributed by atoms with Crippen molar-refractivity contribution >= 4 is 17.5 Å². The van der Waals surface area contributed by atoms with Crippen LogP contribution in [0.15, 0.2) is 24.5 Å². The normalized spacial score (nSPS) is 18.0. The Hall–Kier alpha value is -2.08. The largest absolute Gasteiger partial charge is 0.484 e. The summed E-state index contributed by atoms with van der Waals surface area (Å²) >= 11 is 5.99. The highest BCUT2D eigenvalue weighted by molar-refractivity contribution is 6.31. The van der Waals surface area contributed by atoms with Crippen molar-refractivity contribution in [1.82, 2.24) is 20.1 Å². The third kappa shape index (κ3) is 3.64. The Labute approximate surface area is 139 Å². The van der Waals surface area contributed by atoms with Gasteiger partial charge in [0.1, 0.15) is 17.9 Å². The fourth-order valence-electron chi connectivity index (χ4n) is 2.82. The number of piperidine rings is 1. The highest BCUT2D eigenvalue weighted by atomic mass is 35.5. The second-order valence-corrected chi connectivity index (χ2v) is 6.08. The van der Waals surface area contributed by atoms with Crippen LogP contribution < -0.4 is 4.74 Å². The van der Waals surface area contributed by atoms with E-state index in [1.807, 2.05) is 17.9 Å². The van der Waals surface area contributed by atoms with Crippen molar-refractivity contribution in [3.63, 3.8) is 0 Å². The second kappa shape index (κ2) is 7.00. The molecule has 1 saturated heterocycles. The molecule has 0 unspecified atom stereocenters. The monoisotopic (exact) mass is 334 g/mol. The average molecular weight is 335 g/mol. The van der Waals surface area contributed by atoms with E-state index in [1.54, 1.807) is 12.1 Å². The lowest BCUT2D eigenvalue weighted by atomic mass is 10.0. The van der Waals surface area contributed by atoms with E-state index < -0.39 is 0 Å². The summed E-state index contributed by atoms with van der Waals surface area (Å²) in [7, 11) is 0. The van der Waals surface area contributed by atoms with Crippen molar-refractivity contribution in [2.45, 2.75) is 32.2 Å². The number of carbonyl (C=O) groups excluding carboxylic acids is 1. The lowest BCUT2D eigenvalue weighted by Crippen LogP contribution is -2.41. The lowest BCUT2D eigenvalue weighted by Gasteiger charge is -2.34. The summed E-state index contributed by atoms with van der Waals surface area (Å²) in [5, 5.41) is 7.44. The summed E-state index contributed by atoms with van der Waals surface area (Å²) in [6.45, 7) is 2.63. The molecule has 0 saturated carbocycles. The average Bonchev–Trinajstić information content (AvgIpc) is 3.10. The van der Waals surface area contributed by atoms with E-state index in [-0.39, 0.29) is 18.6 Å². The minimum atomic E-state index is -0.0469. The van der Waals surface area contributed by atoms with Crippen LogP contribution in [0.1, 0.15) is 36.7 Å². The highest BCUT2D eigenvalue weighted by Crippen LogP contribution is 2.28. The molecule has 1 aromatic carbocycles. The summed E-state index contributed by atoms with van der Waals surface area (Å²) in [4.78, 5) is 18.6. The molecule has 0 aliphatic carbocycles. The minimum absolute atomic E-state index is 0.00566. The molecule has 1 aromatic heterocycles. The number of amides is 1. The summed E-state index contributed by atoms with van der Waals surface area (Å²) in [6.07, 6.45) is 4.43. The van der Waals surface area contributed by atoms with Gasteiger partial charge in [0, 0.05) is 11.6 Å². The molecular formula is C16H19ClN4O2. The van der Waals surface area contributed by atoms with Gasteiger partial charge in [0.25, 0.3) is 5.91 Å². The first kappa shape index (κ1) is 15.8. The van der Waals surface area contributed by atoms with Crippen molar-refractivity contribution in [2.24, 2.45) is 0 Å². The quantitative estimate of drug-likeness (QED) is 0.933. The highest BCUT2D eigenvalue weighted by Gasteiger charge is 2.30. The fourth-order valence-corrected chi connectivity index (χ4v) is 2.94. The van der Waals surface area contributed by atoms with Crippen LogP contribution in [0.25, 0.3) is 0 Å². The molecule has 1 N–H and O–H groups in total. The zero-order valence-electron chi connectivity index (χ0n) is 13.0. The maximum absolute atomic E-state index is 12.5. The summed E-state index contributed by atoms with van der Waals surface area (Å²) in [5.41, 5.74) is 0.925. The first-order chi connectivity index (χ1) is 11.1. The molecule has 1 fully saturated rings. The Morgan fingerprint density at radius 3 is 3.09 bits per heavy atom. The number of aryl methyl sites for hydroxylation is 1. The van der Waals surface area contributed by atoms with E-state index in [4.69, 9.17) is 16.3 Å². The summed E-state index contributed by atoms with van der Waals surface area (Å²) < 4.78 is 5.63. The molecule has 1 amide bonds. The molecule has 1 aliphatic rings. The summed E-state index contributed by atoms with van der Waals surface area (Å²) in [5.74, 6) is 1.34. The van der Waals surface area contributed by atoms with E-state index in [9.17, 15) is 4.79 Å². The fraction of sp³-hybridized carbons (Fsp3) is 0.438. The molecule has 122 valence electrons. The molecule has 6 nitrogen and oxygen atoms in total. The number of hydrogen-bond acceptors (Lipinski definition) is 4. The Morgan fingerprint density at radius 1 is 1.48 bits per heavy atom. The van der Waals surface area contributed by atoms with Gasteiger partial charge >= 0.3 is 0 Å². The molecular weight excluding hydrogens is 316 g/mol. The zero-order valence-corrected chi connectivity index (χ0v) is 13.7. The third-order valence-electron chi connectivity index (χ3n) is 4.06. The number of nitrogens with zero attached hydrogens (tertiary/aromatic N) is 3. The lowest BCUT2D eigenvalue weighted by molar-refractivity contribution is -0.137. The van der Waals surface area contributed by atoms with Crippen molar-refractivity contribution < 1.29 is 9.53 Å². The van der Waals surface area contributed by atoms with Crippen molar-refractivity contribution in [1.29, 1.82) is 0 Å². The predicted octanol–water partition coefficient (Wildman–Crippen LogP) is 2.90. The van der Waals surface area contributed by atoms with Gasteiger partial charge in [-0.3, -0.25) is 9.89 Å². The van der Waals surface area contributed by atoms with Crippen LogP contribution in [-0.2, 0) is 4.79 Å². The maximum atomic E-state index is 12.5. The Balaban J connectivity index is 1.65. The van der Waals surface area contributed by atoms with E-state index in [1.165, 1.54) is 6.33 Å². The van der Waals surface area contributed by atoms with Gasteiger partial charge < -0.3 is 9.64 Å². The molecule has 0 bridgehead atoms. The summed E-state index contributed by atoms with van der Waals surface area (Å²) in [6, 6.07) is 5.33. The molecule has 0 radical (unpaired) electrons. The molecule has 23 heavy (non-hydrogen) atoms. The Morgan fingerprint density at radius 2 is 2.35 bits per heavy atom. The minimum Gasteiger partial charge on any atom is -0.484 e. The number of rotatable bonds is 4. The topological polar surface area (TPSA) is 71.1 Å². The molecule has 7 heteroatoms. The van der Waals surface area contributed by atoms with Gasteiger partial charge in [-0.2, -0.15) is 5.10 Å². The number of aromatic nitrogens is 3. The van der Waals surface area contributed by atoms with Crippen LogP contribution in [-0.4, -0.2) is 39.1 Å². The van der Waals surface area contributed by atoms with Crippen LogP contribution in [0.4, 0.5) is 0 Å². The van der Waals surface area contributed by atoms with Crippen molar-refractivity contribution in [3.8, 4) is 5.75 Å². The smallest absolute Gasteiger partial charge is 0.261 e. The molecule has 2 aromatic rings. The number of aromatic amines is 1. The number of hydrogen-bond donors (Lipinski definition) is 1. The maximum Gasteiger partial charge on any atom is 0.261 e. The Bertz CT molecular complexity index is 675. The molecule has 3 rings (SSSR count). The van der Waals surface area contributed by atoms with Crippen LogP contribution >= 0.6 is 11.6 Å². The number of halogens is 1. The number of nitrogens with one attached hydrogen (secondary N) is 1. The van der Waals surface area contributed by atoms with Gasteiger partial charge in [0.15, 0.2) is 6.61 Å². The number of H-pyrrole nitrogens is 1. The number of carbonyl (C=O) groups is 1. The van der Waals surface area contributed by atoms with Crippen LogP contribution in [0, 0.1) is 6.92 Å². The van der Waals surface area contributed by atoms with E-state index in [2.05, 4.69) is 15.2 Å². The van der Waals surface area contributed by atoms with Gasteiger partial charge in [-0.1, -0.05) is 11.6 Å². The second-order valence-electron chi connectivity index (χ2n) is 5.67. The number of likely N-dealkylation sites (tertiary alicyclic amines) is 1. The van der Waals surface area contributed by atoms with Gasteiger partial charge in [-0.15, -0.1) is 0 Å². The SMILES string of the molecule is Cc1cc(OCC(=O)N2CCCC[C@H]2c2ncn[nH]2)ccc1Cl. The first-order valence-corrected chi connectivity index (χ1v) is 8.06. The molecule has 0 spiro atoms. The number of benzene rings is 1. The zero-order chi connectivity index (χ0) is 16.2. The van der Waals surface area contributed by atoms with Crippen LogP contribution in [0.5, 0.6) is 5.75 Å². The van der Waals surface area contributed by atoms with Gasteiger partial charge in [-0.25, -0.2) is 4.98 Å². The van der Waals surface area contributed by atoms with Gasteiger partial charge in [-0.05, 0) is 49.9 Å². The van der Waals surface area contributed by atoms with Gasteiger partial charge in [0.05, 0.1) is 6.04 Å². The molecule has 1 atom stereocenters. The first-order valence-electron chi connectivity index (χ1n) is 7.69. The van der Waals surface area contributed by atoms with E-state index in [0.29, 0.717) is 17.3 Å². The predicted molar refractivity (Wildman–Crippen MR) is 86.4 cm³/mol.